The smallest absolute Gasteiger partial charge is 0.230 e. The van der Waals surface area contributed by atoms with E-state index >= 15 is 0 Å². The van der Waals surface area contributed by atoms with E-state index in [-0.39, 0.29) is 30.3 Å². The molecule has 19 heavy (non-hydrogen) atoms. The minimum absolute atomic E-state index is 0. The number of aromatic nitrogens is 2. The summed E-state index contributed by atoms with van der Waals surface area (Å²) in [4.78, 5) is 20.0. The molecule has 0 bridgehead atoms. The Labute approximate surface area is 117 Å². The van der Waals surface area contributed by atoms with Gasteiger partial charge in [0.2, 0.25) is 5.91 Å². The van der Waals surface area contributed by atoms with E-state index in [0.717, 1.165) is 19.4 Å². The van der Waals surface area contributed by atoms with Crippen LogP contribution >= 0.6 is 12.4 Å². The van der Waals surface area contributed by atoms with Crippen LogP contribution in [0.3, 0.4) is 0 Å². The van der Waals surface area contributed by atoms with Gasteiger partial charge in [-0.2, -0.15) is 0 Å². The Bertz CT molecular complexity index is 431. The van der Waals surface area contributed by atoms with Crippen LogP contribution in [-0.4, -0.2) is 41.2 Å². The van der Waals surface area contributed by atoms with E-state index in [0.29, 0.717) is 18.4 Å². The Morgan fingerprint density at radius 2 is 2.37 bits per heavy atom. The summed E-state index contributed by atoms with van der Waals surface area (Å²) in [5.41, 5.74) is 0. The van der Waals surface area contributed by atoms with E-state index < -0.39 is 0 Å². The molecule has 0 aromatic carbocycles. The zero-order valence-electron chi connectivity index (χ0n) is 10.4. The molecule has 2 aliphatic rings. The van der Waals surface area contributed by atoms with Crippen LogP contribution in [0.25, 0.3) is 0 Å². The van der Waals surface area contributed by atoms with Gasteiger partial charge < -0.3 is 15.4 Å². The van der Waals surface area contributed by atoms with Crippen molar-refractivity contribution in [3.8, 4) is 0 Å². The number of anilines is 1. The average Bonchev–Trinajstić information content (AvgIpc) is 2.87. The third kappa shape index (κ3) is 3.20. The first kappa shape index (κ1) is 14.2. The first-order valence-electron chi connectivity index (χ1n) is 6.25. The minimum atomic E-state index is -0.0636. The Kier molecular flexibility index (Phi) is 4.68. The summed E-state index contributed by atoms with van der Waals surface area (Å²) < 4.78 is 5.62. The number of halogens is 1. The number of fused-ring (bicyclic) bond motifs is 1. The molecule has 1 aromatic heterocycles. The highest BCUT2D eigenvalue weighted by Gasteiger charge is 2.37. The first-order chi connectivity index (χ1) is 8.83. The molecule has 3 heterocycles. The molecular formula is C12H17ClN4O2. The lowest BCUT2D eigenvalue weighted by atomic mass is 9.91. The van der Waals surface area contributed by atoms with Crippen molar-refractivity contribution < 1.29 is 9.53 Å². The monoisotopic (exact) mass is 284 g/mol. The molecule has 2 fully saturated rings. The van der Waals surface area contributed by atoms with Gasteiger partial charge in [0.25, 0.3) is 0 Å². The van der Waals surface area contributed by atoms with Gasteiger partial charge in [0.05, 0.1) is 18.2 Å². The van der Waals surface area contributed by atoms with Crippen molar-refractivity contribution in [3.63, 3.8) is 0 Å². The topological polar surface area (TPSA) is 76.1 Å². The van der Waals surface area contributed by atoms with E-state index in [9.17, 15) is 4.79 Å². The Balaban J connectivity index is 0.00000133. The van der Waals surface area contributed by atoms with Crippen LogP contribution in [0.4, 0.5) is 5.82 Å². The number of piperidine rings is 1. The van der Waals surface area contributed by atoms with Gasteiger partial charge in [0, 0.05) is 31.6 Å². The average molecular weight is 285 g/mol. The second kappa shape index (κ2) is 6.27. The fourth-order valence-corrected chi connectivity index (χ4v) is 2.56. The largest absolute Gasteiger partial charge is 0.377 e. The number of hydrogen-bond donors (Lipinski definition) is 2. The van der Waals surface area contributed by atoms with Gasteiger partial charge in [-0.15, -0.1) is 12.4 Å². The van der Waals surface area contributed by atoms with Crippen molar-refractivity contribution in [3.05, 3.63) is 18.6 Å². The fourth-order valence-electron chi connectivity index (χ4n) is 2.56. The molecule has 3 rings (SSSR count). The molecule has 1 aromatic rings. The number of rotatable bonds is 2. The van der Waals surface area contributed by atoms with Gasteiger partial charge in [-0.1, -0.05) is 0 Å². The lowest BCUT2D eigenvalue weighted by Crippen LogP contribution is -2.49. The third-order valence-electron chi connectivity index (χ3n) is 3.54. The lowest BCUT2D eigenvalue weighted by Gasteiger charge is -2.30. The molecule has 104 valence electrons. The molecule has 2 N–H and O–H groups in total. The Morgan fingerprint density at radius 1 is 1.47 bits per heavy atom. The van der Waals surface area contributed by atoms with Crippen molar-refractivity contribution in [2.75, 3.05) is 18.5 Å². The normalized spacial score (nSPS) is 29.2. The number of carbonyl (C=O) groups excluding carboxylic acids is 1. The zero-order chi connectivity index (χ0) is 12.4. The Morgan fingerprint density at radius 3 is 3.16 bits per heavy atom. The summed E-state index contributed by atoms with van der Waals surface area (Å²) in [5, 5.41) is 6.16. The highest BCUT2D eigenvalue weighted by Crippen LogP contribution is 2.25. The molecule has 7 heteroatoms. The molecule has 3 atom stereocenters. The van der Waals surface area contributed by atoms with E-state index in [1.54, 1.807) is 18.6 Å². The SMILES string of the molecule is Cl.O=C(Nc1cnccn1)[C@@H]1CN[C@@H]2CCO[C@@H]2C1. The number of ether oxygens (including phenoxy) is 1. The maximum absolute atomic E-state index is 12.1. The fraction of sp³-hybridized carbons (Fsp3) is 0.583. The predicted octanol–water partition coefficient (Wildman–Crippen LogP) is 0.604. The first-order valence-corrected chi connectivity index (χ1v) is 6.25. The summed E-state index contributed by atoms with van der Waals surface area (Å²) in [6.07, 6.45) is 6.69. The second-order valence-corrected chi connectivity index (χ2v) is 4.73. The summed E-state index contributed by atoms with van der Waals surface area (Å²) in [6, 6.07) is 0.422. The van der Waals surface area contributed by atoms with Crippen LogP contribution in [0, 0.1) is 5.92 Å². The quantitative estimate of drug-likeness (QED) is 0.832. The predicted molar refractivity (Wildman–Crippen MR) is 72.2 cm³/mol. The molecule has 0 spiro atoms. The van der Waals surface area contributed by atoms with Crippen molar-refractivity contribution in [2.24, 2.45) is 5.92 Å². The number of carbonyl (C=O) groups is 1. The van der Waals surface area contributed by atoms with Crippen LogP contribution < -0.4 is 10.6 Å². The zero-order valence-corrected chi connectivity index (χ0v) is 11.2. The molecule has 2 aliphatic heterocycles. The van der Waals surface area contributed by atoms with E-state index in [4.69, 9.17) is 4.74 Å². The highest BCUT2D eigenvalue weighted by molar-refractivity contribution is 5.91. The van der Waals surface area contributed by atoms with Crippen LogP contribution in [-0.2, 0) is 9.53 Å². The van der Waals surface area contributed by atoms with Gasteiger partial charge in [-0.25, -0.2) is 4.98 Å². The molecule has 6 nitrogen and oxygen atoms in total. The maximum Gasteiger partial charge on any atom is 0.230 e. The van der Waals surface area contributed by atoms with Gasteiger partial charge in [-0.3, -0.25) is 9.78 Å². The van der Waals surface area contributed by atoms with Crippen molar-refractivity contribution in [2.45, 2.75) is 25.0 Å². The molecular weight excluding hydrogens is 268 g/mol. The van der Waals surface area contributed by atoms with E-state index in [1.165, 1.54) is 0 Å². The molecule has 0 saturated carbocycles. The van der Waals surface area contributed by atoms with Gasteiger partial charge in [-0.05, 0) is 12.8 Å². The summed E-state index contributed by atoms with van der Waals surface area (Å²) >= 11 is 0. The molecule has 0 aliphatic carbocycles. The molecule has 2 saturated heterocycles. The van der Waals surface area contributed by atoms with Crippen molar-refractivity contribution in [1.29, 1.82) is 0 Å². The maximum atomic E-state index is 12.1. The Hall–Kier alpha value is -1.24. The van der Waals surface area contributed by atoms with E-state index in [1.807, 2.05) is 0 Å². The number of amides is 1. The number of hydrogen-bond acceptors (Lipinski definition) is 5. The molecule has 0 unspecified atom stereocenters. The second-order valence-electron chi connectivity index (χ2n) is 4.73. The van der Waals surface area contributed by atoms with Gasteiger partial charge >= 0.3 is 0 Å². The van der Waals surface area contributed by atoms with Crippen molar-refractivity contribution >= 4 is 24.1 Å². The summed E-state index contributed by atoms with van der Waals surface area (Å²) in [6.45, 7) is 1.50. The third-order valence-corrected chi connectivity index (χ3v) is 3.54. The molecule has 0 radical (unpaired) electrons. The summed E-state index contributed by atoms with van der Waals surface area (Å²) in [7, 11) is 0. The number of nitrogens with zero attached hydrogens (tertiary/aromatic N) is 2. The van der Waals surface area contributed by atoms with Crippen LogP contribution in [0.15, 0.2) is 18.6 Å². The standard InChI is InChI=1S/C12H16N4O2.ClH/c17-12(16-11-7-13-2-3-14-11)8-5-10-9(15-6-8)1-4-18-10;/h2-3,7-10,15H,1,4-6H2,(H,14,16,17);1H/t8-,9+,10+;/m0./s1. The van der Waals surface area contributed by atoms with Crippen LogP contribution in [0.2, 0.25) is 0 Å². The molecule has 1 amide bonds. The van der Waals surface area contributed by atoms with E-state index in [2.05, 4.69) is 20.6 Å². The highest BCUT2D eigenvalue weighted by atomic mass is 35.5. The number of nitrogens with one attached hydrogen (secondary N) is 2. The van der Waals surface area contributed by atoms with Gasteiger partial charge in [0.1, 0.15) is 0 Å². The van der Waals surface area contributed by atoms with Gasteiger partial charge in [0.15, 0.2) is 5.82 Å². The minimum Gasteiger partial charge on any atom is -0.377 e. The van der Waals surface area contributed by atoms with Crippen molar-refractivity contribution in [1.82, 2.24) is 15.3 Å². The summed E-state index contributed by atoms with van der Waals surface area (Å²) in [5.74, 6) is 0.417. The van der Waals surface area contributed by atoms with Crippen LogP contribution in [0.5, 0.6) is 0 Å². The van der Waals surface area contributed by atoms with Crippen LogP contribution in [0.1, 0.15) is 12.8 Å². The lowest BCUT2D eigenvalue weighted by molar-refractivity contribution is -0.121.